The molecule has 1 unspecified atom stereocenters. The summed E-state index contributed by atoms with van der Waals surface area (Å²) in [6.45, 7) is 14.6. The highest BCUT2D eigenvalue weighted by molar-refractivity contribution is 5.70. The highest BCUT2D eigenvalue weighted by Crippen LogP contribution is 2.40. The average Bonchev–Trinajstić information content (AvgIpc) is 2.49. The first kappa shape index (κ1) is 22.5. The van der Waals surface area contributed by atoms with Gasteiger partial charge in [0.05, 0.1) is 5.92 Å². The predicted octanol–water partition coefficient (Wildman–Crippen LogP) is 6.20. The third-order valence-corrected chi connectivity index (χ3v) is 5.02. The third-order valence-electron chi connectivity index (χ3n) is 5.02. The van der Waals surface area contributed by atoms with Gasteiger partial charge in [0.1, 0.15) is 5.75 Å². The van der Waals surface area contributed by atoms with Crippen LogP contribution in [0, 0.1) is 5.92 Å². The van der Waals surface area contributed by atoms with Crippen molar-refractivity contribution in [2.75, 3.05) is 0 Å². The van der Waals surface area contributed by atoms with Crippen molar-refractivity contribution in [1.29, 1.82) is 0 Å². The zero-order chi connectivity index (χ0) is 20.1. The number of rotatable bonds is 8. The molecule has 0 bridgehead atoms. The smallest absolute Gasteiger partial charge is 0.306 e. The normalized spacial score (nSPS) is 13.7. The lowest BCUT2D eigenvalue weighted by atomic mass is 9.77. The van der Waals surface area contributed by atoms with Gasteiger partial charge in [-0.1, -0.05) is 86.3 Å². The monoisotopic (exact) mass is 362 g/mol. The summed E-state index contributed by atoms with van der Waals surface area (Å²) in [4.78, 5) is 11.7. The van der Waals surface area contributed by atoms with Gasteiger partial charge in [0.2, 0.25) is 0 Å². The molecule has 1 aromatic carbocycles. The Labute approximate surface area is 159 Å². The first-order valence-corrected chi connectivity index (χ1v) is 9.97. The van der Waals surface area contributed by atoms with E-state index in [1.807, 2.05) is 12.1 Å². The molecule has 0 radical (unpaired) electrons. The Balaban J connectivity index is 3.19. The van der Waals surface area contributed by atoms with Crippen molar-refractivity contribution in [3.05, 3.63) is 28.8 Å². The predicted molar refractivity (Wildman–Crippen MR) is 109 cm³/mol. The molecule has 148 valence electrons. The molecule has 0 aliphatic rings. The van der Waals surface area contributed by atoms with Crippen LogP contribution >= 0.6 is 0 Å². The van der Waals surface area contributed by atoms with Gasteiger partial charge in [0.25, 0.3) is 0 Å². The van der Waals surface area contributed by atoms with Gasteiger partial charge >= 0.3 is 5.97 Å². The van der Waals surface area contributed by atoms with Crippen LogP contribution in [0.2, 0.25) is 0 Å². The molecule has 1 rings (SSSR count). The van der Waals surface area contributed by atoms with Crippen LogP contribution in [-0.2, 0) is 22.0 Å². The van der Waals surface area contributed by atoms with Crippen LogP contribution in [0.15, 0.2) is 12.1 Å². The van der Waals surface area contributed by atoms with E-state index in [-0.39, 0.29) is 16.7 Å². The summed E-state index contributed by atoms with van der Waals surface area (Å²) in [6.07, 6.45) is 5.60. The van der Waals surface area contributed by atoms with Crippen LogP contribution in [0.1, 0.15) is 97.3 Å². The molecule has 1 aromatic rings. The van der Waals surface area contributed by atoms with Gasteiger partial charge < -0.3 is 10.2 Å². The van der Waals surface area contributed by atoms with Crippen LogP contribution < -0.4 is 0 Å². The fourth-order valence-electron chi connectivity index (χ4n) is 3.37. The van der Waals surface area contributed by atoms with E-state index >= 15 is 0 Å². The zero-order valence-electron chi connectivity index (χ0n) is 17.8. The Hall–Kier alpha value is -1.51. The Kier molecular flexibility index (Phi) is 7.73. The Morgan fingerprint density at radius 2 is 1.46 bits per heavy atom. The molecule has 0 aliphatic heterocycles. The number of hydrogen-bond acceptors (Lipinski definition) is 2. The first-order valence-electron chi connectivity index (χ1n) is 9.97. The van der Waals surface area contributed by atoms with Crippen molar-refractivity contribution in [2.45, 2.75) is 97.8 Å². The largest absolute Gasteiger partial charge is 0.507 e. The van der Waals surface area contributed by atoms with E-state index < -0.39 is 5.97 Å². The van der Waals surface area contributed by atoms with Gasteiger partial charge in [-0.3, -0.25) is 4.79 Å². The highest BCUT2D eigenvalue weighted by Gasteiger charge is 2.27. The molecule has 0 spiro atoms. The lowest BCUT2D eigenvalue weighted by Crippen LogP contribution is -2.20. The molecule has 0 heterocycles. The zero-order valence-corrected chi connectivity index (χ0v) is 17.8. The number of carbonyl (C=O) groups is 1. The second-order valence-electron chi connectivity index (χ2n) is 9.63. The number of unbranched alkanes of at least 4 members (excludes halogenated alkanes) is 3. The number of phenols is 1. The third kappa shape index (κ3) is 6.34. The van der Waals surface area contributed by atoms with Crippen LogP contribution in [0.25, 0.3) is 0 Å². The van der Waals surface area contributed by atoms with Crippen LogP contribution in [0.5, 0.6) is 5.75 Å². The van der Waals surface area contributed by atoms with E-state index in [4.69, 9.17) is 0 Å². The van der Waals surface area contributed by atoms with Crippen molar-refractivity contribution >= 4 is 5.97 Å². The van der Waals surface area contributed by atoms with Crippen LogP contribution in [-0.4, -0.2) is 16.2 Å². The average molecular weight is 363 g/mol. The summed E-state index contributed by atoms with van der Waals surface area (Å²) in [5, 5.41) is 20.5. The molecule has 0 amide bonds. The summed E-state index contributed by atoms with van der Waals surface area (Å²) >= 11 is 0. The first-order chi connectivity index (χ1) is 11.9. The Morgan fingerprint density at radius 3 is 1.85 bits per heavy atom. The second-order valence-corrected chi connectivity index (χ2v) is 9.63. The van der Waals surface area contributed by atoms with E-state index in [1.165, 1.54) is 0 Å². The maximum absolute atomic E-state index is 11.7. The standard InChI is InChI=1S/C23H38O3/c1-8-9-10-11-12-17(21(25)26)13-16-14-18(22(2,3)4)20(24)19(15-16)23(5,6)7/h14-15,17,24H,8-13H2,1-7H3,(H,25,26). The van der Waals surface area contributed by atoms with Gasteiger partial charge in [-0.05, 0) is 40.4 Å². The lowest BCUT2D eigenvalue weighted by Gasteiger charge is -2.28. The van der Waals surface area contributed by atoms with Crippen molar-refractivity contribution < 1.29 is 15.0 Å². The molecule has 2 N–H and O–H groups in total. The van der Waals surface area contributed by atoms with Gasteiger partial charge in [0, 0.05) is 0 Å². The lowest BCUT2D eigenvalue weighted by molar-refractivity contribution is -0.142. The van der Waals surface area contributed by atoms with Crippen molar-refractivity contribution in [2.24, 2.45) is 5.92 Å². The molecule has 0 aliphatic carbocycles. The fraction of sp³-hybridized carbons (Fsp3) is 0.696. The molecule has 0 aromatic heterocycles. The molecule has 3 nitrogen and oxygen atoms in total. The van der Waals surface area contributed by atoms with Gasteiger partial charge in [-0.2, -0.15) is 0 Å². The topological polar surface area (TPSA) is 57.5 Å². The Morgan fingerprint density at radius 1 is 0.962 bits per heavy atom. The highest BCUT2D eigenvalue weighted by atomic mass is 16.4. The number of benzene rings is 1. The number of carboxylic acids is 1. The maximum Gasteiger partial charge on any atom is 0.306 e. The van der Waals surface area contributed by atoms with E-state index in [1.54, 1.807) is 0 Å². The van der Waals surface area contributed by atoms with E-state index in [2.05, 4.69) is 48.5 Å². The minimum Gasteiger partial charge on any atom is -0.507 e. The molecular formula is C23H38O3. The molecule has 1 atom stereocenters. The van der Waals surface area contributed by atoms with Crippen molar-refractivity contribution in [3.8, 4) is 5.75 Å². The molecule has 3 heteroatoms. The van der Waals surface area contributed by atoms with E-state index in [0.29, 0.717) is 18.6 Å². The molecular weight excluding hydrogens is 324 g/mol. The fourth-order valence-corrected chi connectivity index (χ4v) is 3.37. The maximum atomic E-state index is 11.7. The van der Waals surface area contributed by atoms with Gasteiger partial charge in [-0.15, -0.1) is 0 Å². The minimum absolute atomic E-state index is 0.195. The summed E-state index contributed by atoms with van der Waals surface area (Å²) in [5.74, 6) is -0.732. The summed E-state index contributed by atoms with van der Waals surface area (Å²) in [6, 6.07) is 4.01. The quantitative estimate of drug-likeness (QED) is 0.541. The molecule has 26 heavy (non-hydrogen) atoms. The number of aliphatic carboxylic acids is 1. The van der Waals surface area contributed by atoms with E-state index in [9.17, 15) is 15.0 Å². The Bertz CT molecular complexity index is 568. The van der Waals surface area contributed by atoms with Crippen LogP contribution in [0.4, 0.5) is 0 Å². The summed E-state index contributed by atoms with van der Waals surface area (Å²) in [5.41, 5.74) is 2.42. The molecule has 0 saturated heterocycles. The number of hydrogen-bond donors (Lipinski definition) is 2. The van der Waals surface area contributed by atoms with Crippen LogP contribution in [0.3, 0.4) is 0 Å². The molecule has 0 saturated carbocycles. The van der Waals surface area contributed by atoms with Gasteiger partial charge in [0.15, 0.2) is 0 Å². The summed E-state index contributed by atoms with van der Waals surface area (Å²) < 4.78 is 0. The minimum atomic E-state index is -0.718. The summed E-state index contributed by atoms with van der Waals surface area (Å²) in [7, 11) is 0. The number of aromatic hydroxyl groups is 1. The molecule has 0 fully saturated rings. The van der Waals surface area contributed by atoms with Crippen molar-refractivity contribution in [1.82, 2.24) is 0 Å². The SMILES string of the molecule is CCCCCCC(Cc1cc(C(C)(C)C)c(O)c(C(C)(C)C)c1)C(=O)O. The van der Waals surface area contributed by atoms with Gasteiger partial charge in [-0.25, -0.2) is 0 Å². The number of carboxylic acid groups (broad SMARTS) is 1. The van der Waals surface area contributed by atoms with Crippen molar-refractivity contribution in [3.63, 3.8) is 0 Å². The second kappa shape index (κ2) is 8.92. The van der Waals surface area contributed by atoms with E-state index in [0.717, 1.165) is 42.4 Å². The number of phenolic OH excluding ortho intramolecular Hbond substituents is 1.